The van der Waals surface area contributed by atoms with Crippen molar-refractivity contribution in [2.75, 3.05) is 13.2 Å². The molecule has 3 aromatic carbocycles. The van der Waals surface area contributed by atoms with Crippen LogP contribution in [-0.4, -0.2) is 28.0 Å². The van der Waals surface area contributed by atoms with Gasteiger partial charge in [-0.1, -0.05) is 48.0 Å². The van der Waals surface area contributed by atoms with Crippen LogP contribution in [0.1, 0.15) is 0 Å². The molecule has 0 saturated heterocycles. The van der Waals surface area contributed by atoms with Crippen LogP contribution >= 0.6 is 11.6 Å². The van der Waals surface area contributed by atoms with E-state index in [1.54, 1.807) is 0 Å². The molecule has 0 amide bonds. The van der Waals surface area contributed by atoms with Crippen LogP contribution in [0.2, 0.25) is 5.02 Å². The van der Waals surface area contributed by atoms with Crippen molar-refractivity contribution in [1.82, 2.24) is 14.8 Å². The Hall–Kier alpha value is -3.57. The monoisotopic (exact) mass is 413 g/mol. The first-order chi connectivity index (χ1) is 14.8. The van der Waals surface area contributed by atoms with Crippen LogP contribution in [0.3, 0.4) is 0 Å². The lowest BCUT2D eigenvalue weighted by molar-refractivity contribution is 0.172. The molecule has 0 spiro atoms. The lowest BCUT2D eigenvalue weighted by atomic mass is 10.1. The minimum Gasteiger partial charge on any atom is -0.486 e. The maximum atomic E-state index is 6.29. The largest absolute Gasteiger partial charge is 0.486 e. The Morgan fingerprint density at radius 1 is 0.833 bits per heavy atom. The molecule has 1 aliphatic rings. The molecule has 5 nitrogen and oxygen atoms in total. The average Bonchev–Trinajstić information content (AvgIpc) is 3.18. The Labute approximate surface area is 177 Å². The zero-order valence-electron chi connectivity index (χ0n) is 15.9. The first kappa shape index (κ1) is 17.3. The van der Waals surface area contributed by atoms with Crippen LogP contribution in [0.4, 0.5) is 0 Å². The highest BCUT2D eigenvalue weighted by Crippen LogP contribution is 2.39. The number of rotatable bonds is 2. The number of hydrogen-bond acceptors (Lipinski definition) is 4. The molecule has 0 aliphatic carbocycles. The van der Waals surface area contributed by atoms with Gasteiger partial charge in [0.2, 0.25) is 0 Å². The Morgan fingerprint density at radius 3 is 2.43 bits per heavy atom. The van der Waals surface area contributed by atoms with Crippen LogP contribution in [-0.2, 0) is 0 Å². The fraction of sp³-hybridized carbons (Fsp3) is 0.0833. The van der Waals surface area contributed by atoms with E-state index >= 15 is 0 Å². The van der Waals surface area contributed by atoms with E-state index in [1.165, 1.54) is 0 Å². The minimum atomic E-state index is 0.532. The van der Waals surface area contributed by atoms with Crippen molar-refractivity contribution in [3.05, 3.63) is 77.9 Å². The molecule has 0 bridgehead atoms. The molecule has 0 radical (unpaired) electrons. The van der Waals surface area contributed by atoms with Crippen molar-refractivity contribution in [3.63, 3.8) is 0 Å². The van der Waals surface area contributed by atoms with Gasteiger partial charge < -0.3 is 9.47 Å². The summed E-state index contributed by atoms with van der Waals surface area (Å²) < 4.78 is 13.5. The first-order valence-corrected chi connectivity index (χ1v) is 10.1. The minimum absolute atomic E-state index is 0.532. The second-order valence-electron chi connectivity index (χ2n) is 7.14. The summed E-state index contributed by atoms with van der Waals surface area (Å²) in [7, 11) is 0. The van der Waals surface area contributed by atoms with E-state index in [0.29, 0.717) is 18.2 Å². The molecule has 3 heterocycles. The van der Waals surface area contributed by atoms with Crippen LogP contribution < -0.4 is 9.47 Å². The van der Waals surface area contributed by atoms with Crippen LogP contribution in [0, 0.1) is 0 Å². The van der Waals surface area contributed by atoms with Crippen molar-refractivity contribution in [2.45, 2.75) is 0 Å². The van der Waals surface area contributed by atoms with E-state index in [1.807, 2.05) is 65.5 Å². The van der Waals surface area contributed by atoms with Crippen molar-refractivity contribution in [2.24, 2.45) is 0 Å². The van der Waals surface area contributed by atoms with Gasteiger partial charge in [0.15, 0.2) is 11.5 Å². The predicted octanol–water partition coefficient (Wildman–Crippen LogP) is 5.67. The van der Waals surface area contributed by atoms with E-state index in [2.05, 4.69) is 12.1 Å². The van der Waals surface area contributed by atoms with Crippen molar-refractivity contribution < 1.29 is 9.47 Å². The van der Waals surface area contributed by atoms with Crippen LogP contribution in [0.5, 0.6) is 11.5 Å². The summed E-state index contributed by atoms with van der Waals surface area (Å²) in [5, 5.41) is 7.55. The number of benzene rings is 3. The van der Waals surface area contributed by atoms with Crippen molar-refractivity contribution >= 4 is 33.4 Å². The molecule has 6 heteroatoms. The molecule has 2 aromatic heterocycles. The third-order valence-electron chi connectivity index (χ3n) is 5.27. The predicted molar refractivity (Wildman–Crippen MR) is 118 cm³/mol. The zero-order valence-corrected chi connectivity index (χ0v) is 16.6. The quantitative estimate of drug-likeness (QED) is 0.374. The van der Waals surface area contributed by atoms with Gasteiger partial charge >= 0.3 is 0 Å². The summed E-state index contributed by atoms with van der Waals surface area (Å²) in [6, 6.07) is 21.7. The number of hydrogen-bond donors (Lipinski definition) is 0. The van der Waals surface area contributed by atoms with Gasteiger partial charge in [0.25, 0.3) is 0 Å². The number of nitrogens with zero attached hydrogens (tertiary/aromatic N) is 3. The average molecular weight is 414 g/mol. The summed E-state index contributed by atoms with van der Waals surface area (Å²) in [5.41, 5.74) is 4.57. The molecule has 30 heavy (non-hydrogen) atoms. The van der Waals surface area contributed by atoms with Crippen LogP contribution in [0.15, 0.2) is 72.9 Å². The molecule has 5 aromatic rings. The van der Waals surface area contributed by atoms with Gasteiger partial charge in [-0.25, -0.2) is 4.68 Å². The van der Waals surface area contributed by atoms with Gasteiger partial charge in [-0.05, 0) is 24.3 Å². The smallest absolute Gasteiger partial charge is 0.163 e. The maximum absolute atomic E-state index is 6.29. The molecular formula is C24H16ClN3O2. The second kappa shape index (κ2) is 6.75. The van der Waals surface area contributed by atoms with Crippen LogP contribution in [0.25, 0.3) is 38.8 Å². The highest BCUT2D eigenvalue weighted by molar-refractivity contribution is 6.30. The van der Waals surface area contributed by atoms with Gasteiger partial charge in [0, 0.05) is 33.6 Å². The molecule has 0 N–H and O–H groups in total. The van der Waals surface area contributed by atoms with Crippen molar-refractivity contribution in [1.29, 1.82) is 0 Å². The van der Waals surface area contributed by atoms with E-state index in [9.17, 15) is 0 Å². The fourth-order valence-electron chi connectivity index (χ4n) is 3.92. The van der Waals surface area contributed by atoms with Gasteiger partial charge in [-0.15, -0.1) is 0 Å². The molecule has 0 fully saturated rings. The Morgan fingerprint density at radius 2 is 1.63 bits per heavy atom. The molecule has 0 unspecified atom stereocenters. The maximum Gasteiger partial charge on any atom is 0.163 e. The standard InChI is InChI=1S/C24H16ClN3O2/c25-16-7-4-8-17(11-16)28-24-18-12-21-22(30-10-9-29-21)13-20(18)26-14-19(24)23(27-28)15-5-2-1-3-6-15/h1-8,11-14H,9-10H2. The van der Waals surface area contributed by atoms with E-state index in [0.717, 1.165) is 50.2 Å². The summed E-state index contributed by atoms with van der Waals surface area (Å²) in [4.78, 5) is 4.71. The third kappa shape index (κ3) is 2.70. The number of ether oxygens (including phenoxy) is 2. The first-order valence-electron chi connectivity index (χ1n) is 9.70. The SMILES string of the molecule is Clc1cccc(-n2nc(-c3ccccc3)c3cnc4cc5c(cc4c32)OCCO5)c1. The molecular weight excluding hydrogens is 398 g/mol. The van der Waals surface area contributed by atoms with E-state index < -0.39 is 0 Å². The Kier molecular flexibility index (Phi) is 3.89. The Bertz CT molecular complexity index is 1410. The normalized spacial score (nSPS) is 13.1. The number of aromatic nitrogens is 3. The second-order valence-corrected chi connectivity index (χ2v) is 7.58. The summed E-state index contributed by atoms with van der Waals surface area (Å²) >= 11 is 6.29. The third-order valence-corrected chi connectivity index (χ3v) is 5.51. The van der Waals surface area contributed by atoms with Gasteiger partial charge in [0.05, 0.1) is 16.7 Å². The van der Waals surface area contributed by atoms with E-state index in [-0.39, 0.29) is 0 Å². The number of pyridine rings is 1. The number of halogens is 1. The summed E-state index contributed by atoms with van der Waals surface area (Å²) in [6.45, 7) is 1.07. The van der Waals surface area contributed by atoms with Gasteiger partial charge in [-0.2, -0.15) is 5.10 Å². The molecule has 146 valence electrons. The number of fused-ring (bicyclic) bond motifs is 4. The molecule has 0 saturated carbocycles. The summed E-state index contributed by atoms with van der Waals surface area (Å²) in [5.74, 6) is 1.45. The topological polar surface area (TPSA) is 49.2 Å². The lowest BCUT2D eigenvalue weighted by Crippen LogP contribution is -2.15. The highest BCUT2D eigenvalue weighted by Gasteiger charge is 2.20. The molecule has 0 atom stereocenters. The van der Waals surface area contributed by atoms with E-state index in [4.69, 9.17) is 31.2 Å². The molecule has 1 aliphatic heterocycles. The fourth-order valence-corrected chi connectivity index (χ4v) is 4.11. The Balaban J connectivity index is 1.73. The van der Waals surface area contributed by atoms with Crippen molar-refractivity contribution in [3.8, 4) is 28.4 Å². The lowest BCUT2D eigenvalue weighted by Gasteiger charge is -2.19. The van der Waals surface area contributed by atoms with Gasteiger partial charge in [-0.3, -0.25) is 4.98 Å². The zero-order chi connectivity index (χ0) is 20.1. The van der Waals surface area contributed by atoms with Gasteiger partial charge in [0.1, 0.15) is 18.9 Å². The summed E-state index contributed by atoms with van der Waals surface area (Å²) in [6.07, 6.45) is 1.88. The molecule has 6 rings (SSSR count). The highest BCUT2D eigenvalue weighted by atomic mass is 35.5.